The second-order valence-corrected chi connectivity index (χ2v) is 8.82. The molecule has 2 heterocycles. The maximum absolute atomic E-state index is 12.7. The number of carbonyl (C=O) groups is 2. The number of anilines is 1. The highest BCUT2D eigenvalue weighted by Gasteiger charge is 2.45. The highest BCUT2D eigenvalue weighted by atomic mass is 32.1. The summed E-state index contributed by atoms with van der Waals surface area (Å²) in [5.41, 5.74) is 2.56. The molecule has 148 valence electrons. The van der Waals surface area contributed by atoms with Gasteiger partial charge in [0.25, 0.3) is 0 Å². The predicted molar refractivity (Wildman–Crippen MR) is 109 cm³/mol. The minimum atomic E-state index is -0.817. The summed E-state index contributed by atoms with van der Waals surface area (Å²) in [5.74, 6) is -0.578. The number of benzene rings is 1. The van der Waals surface area contributed by atoms with Gasteiger partial charge in [-0.1, -0.05) is 25.0 Å². The Morgan fingerprint density at radius 1 is 1.32 bits per heavy atom. The number of likely N-dealkylation sites (tertiary alicyclic amines) is 1. The Morgan fingerprint density at radius 3 is 2.89 bits per heavy atom. The van der Waals surface area contributed by atoms with Gasteiger partial charge >= 0.3 is 5.97 Å². The fourth-order valence-corrected chi connectivity index (χ4v) is 5.26. The largest absolute Gasteiger partial charge is 0.480 e. The maximum atomic E-state index is 12.7. The highest BCUT2D eigenvalue weighted by Crippen LogP contribution is 2.39. The van der Waals surface area contributed by atoms with E-state index in [1.165, 1.54) is 0 Å². The third kappa shape index (κ3) is 3.95. The minimum absolute atomic E-state index is 0.123. The third-order valence-electron chi connectivity index (χ3n) is 5.89. The zero-order chi connectivity index (χ0) is 19.7. The zero-order valence-corrected chi connectivity index (χ0v) is 16.7. The number of nitrogens with one attached hydrogen (secondary N) is 1. The number of aromatic nitrogens is 1. The van der Waals surface area contributed by atoms with E-state index < -0.39 is 12.0 Å². The molecule has 2 aliphatic rings. The molecule has 1 aromatic heterocycles. The molecule has 3 unspecified atom stereocenters. The van der Waals surface area contributed by atoms with E-state index in [2.05, 4.69) is 10.3 Å². The molecule has 3 atom stereocenters. The highest BCUT2D eigenvalue weighted by molar-refractivity contribution is 7.09. The van der Waals surface area contributed by atoms with Crippen molar-refractivity contribution in [2.24, 2.45) is 5.92 Å². The molecule has 2 aromatic rings. The molecule has 2 fully saturated rings. The van der Waals surface area contributed by atoms with Crippen molar-refractivity contribution in [1.82, 2.24) is 9.88 Å². The zero-order valence-electron chi connectivity index (χ0n) is 15.9. The van der Waals surface area contributed by atoms with Gasteiger partial charge in [0, 0.05) is 22.7 Å². The van der Waals surface area contributed by atoms with Crippen molar-refractivity contribution in [3.8, 4) is 11.3 Å². The van der Waals surface area contributed by atoms with Crippen molar-refractivity contribution in [2.75, 3.05) is 11.9 Å². The van der Waals surface area contributed by atoms with E-state index in [0.29, 0.717) is 18.0 Å². The van der Waals surface area contributed by atoms with E-state index in [0.717, 1.165) is 41.9 Å². The first kappa shape index (κ1) is 19.1. The Labute approximate surface area is 168 Å². The van der Waals surface area contributed by atoms with Crippen LogP contribution in [0.5, 0.6) is 0 Å². The molecule has 6 nitrogen and oxygen atoms in total. The van der Waals surface area contributed by atoms with E-state index in [1.54, 1.807) is 11.3 Å². The third-order valence-corrected chi connectivity index (χ3v) is 6.67. The lowest BCUT2D eigenvalue weighted by Gasteiger charge is -2.32. The number of amides is 1. The van der Waals surface area contributed by atoms with Gasteiger partial charge < -0.3 is 10.4 Å². The molecule has 0 radical (unpaired) electrons. The molecular formula is C21H25N3O3S. The van der Waals surface area contributed by atoms with Crippen molar-refractivity contribution in [3.63, 3.8) is 0 Å². The molecule has 0 bridgehead atoms. The first-order valence-electron chi connectivity index (χ1n) is 9.82. The van der Waals surface area contributed by atoms with Crippen LogP contribution in [0.4, 0.5) is 5.69 Å². The monoisotopic (exact) mass is 399 g/mol. The number of aliphatic carboxylic acids is 1. The molecule has 1 saturated carbocycles. The average Bonchev–Trinajstić information content (AvgIpc) is 3.26. The SMILES string of the molecule is Cc1nc(-c2cccc(NC(=O)CN3C(C(=O)O)CC4CCCCC43)c2)cs1. The van der Waals surface area contributed by atoms with Crippen molar-refractivity contribution in [3.05, 3.63) is 34.7 Å². The molecule has 0 spiro atoms. The summed E-state index contributed by atoms with van der Waals surface area (Å²) < 4.78 is 0. The molecule has 1 amide bonds. The lowest BCUT2D eigenvalue weighted by molar-refractivity contribution is -0.143. The molecule has 1 saturated heterocycles. The standard InChI is InChI=1S/C21H25N3O3S/c1-13-22-17(12-28-13)14-6-4-7-16(9-14)23-20(25)11-24-18-8-3-2-5-15(18)10-19(24)21(26)27/h4,6-7,9,12,15,18-19H,2-3,5,8,10-11H2,1H3,(H,23,25)(H,26,27). The van der Waals surface area contributed by atoms with Crippen molar-refractivity contribution < 1.29 is 14.7 Å². The number of thiazole rings is 1. The van der Waals surface area contributed by atoms with E-state index in [-0.39, 0.29) is 18.5 Å². The number of hydrogen-bond acceptors (Lipinski definition) is 5. The number of carboxylic acids is 1. The fourth-order valence-electron chi connectivity index (χ4n) is 4.64. The minimum Gasteiger partial charge on any atom is -0.480 e. The Hall–Kier alpha value is -2.25. The van der Waals surface area contributed by atoms with E-state index in [9.17, 15) is 14.7 Å². The van der Waals surface area contributed by atoms with Crippen LogP contribution < -0.4 is 5.32 Å². The molecule has 1 aliphatic heterocycles. The second kappa shape index (κ2) is 8.01. The number of fused-ring (bicyclic) bond motifs is 1. The number of rotatable bonds is 5. The topological polar surface area (TPSA) is 82.5 Å². The van der Waals surface area contributed by atoms with Crippen LogP contribution in [-0.2, 0) is 9.59 Å². The van der Waals surface area contributed by atoms with Gasteiger partial charge in [0.05, 0.1) is 17.2 Å². The summed E-state index contributed by atoms with van der Waals surface area (Å²) in [6, 6.07) is 7.29. The van der Waals surface area contributed by atoms with Gasteiger partial charge in [0.2, 0.25) is 5.91 Å². The fraction of sp³-hybridized carbons (Fsp3) is 0.476. The Kier molecular flexibility index (Phi) is 5.46. The van der Waals surface area contributed by atoms with Crippen LogP contribution in [0.3, 0.4) is 0 Å². The van der Waals surface area contributed by atoms with E-state index >= 15 is 0 Å². The molecule has 2 N–H and O–H groups in total. The van der Waals surface area contributed by atoms with Crippen LogP contribution in [0.2, 0.25) is 0 Å². The van der Waals surface area contributed by atoms with Crippen LogP contribution in [0, 0.1) is 12.8 Å². The van der Waals surface area contributed by atoms with E-state index in [1.807, 2.05) is 41.5 Å². The maximum Gasteiger partial charge on any atom is 0.320 e. The van der Waals surface area contributed by atoms with Crippen molar-refractivity contribution >= 4 is 28.9 Å². The number of hydrogen-bond donors (Lipinski definition) is 2. The second-order valence-electron chi connectivity index (χ2n) is 7.75. The molecule has 4 rings (SSSR count). The summed E-state index contributed by atoms with van der Waals surface area (Å²) in [7, 11) is 0. The normalized spacial score (nSPS) is 24.7. The summed E-state index contributed by atoms with van der Waals surface area (Å²) in [4.78, 5) is 30.8. The number of aryl methyl sites for hydroxylation is 1. The van der Waals surface area contributed by atoms with Crippen LogP contribution in [-0.4, -0.2) is 45.5 Å². The predicted octanol–water partition coefficient (Wildman–Crippen LogP) is 3.77. The first-order valence-corrected chi connectivity index (χ1v) is 10.7. The lowest BCUT2D eigenvalue weighted by Crippen LogP contribution is -2.46. The smallest absolute Gasteiger partial charge is 0.320 e. The lowest BCUT2D eigenvalue weighted by atomic mass is 9.85. The molecule has 28 heavy (non-hydrogen) atoms. The van der Waals surface area contributed by atoms with Crippen LogP contribution in [0.1, 0.15) is 37.1 Å². The van der Waals surface area contributed by atoms with Crippen molar-refractivity contribution in [2.45, 2.75) is 51.1 Å². The summed E-state index contributed by atoms with van der Waals surface area (Å²) in [5, 5.41) is 15.6. The van der Waals surface area contributed by atoms with Crippen LogP contribution >= 0.6 is 11.3 Å². The average molecular weight is 400 g/mol. The van der Waals surface area contributed by atoms with Gasteiger partial charge in [-0.05, 0) is 44.2 Å². The van der Waals surface area contributed by atoms with Gasteiger partial charge in [0.1, 0.15) is 6.04 Å². The quantitative estimate of drug-likeness (QED) is 0.800. The first-order chi connectivity index (χ1) is 13.5. The Balaban J connectivity index is 1.45. The molecule has 1 aliphatic carbocycles. The molecule has 7 heteroatoms. The van der Waals surface area contributed by atoms with Gasteiger partial charge in [-0.2, -0.15) is 0 Å². The van der Waals surface area contributed by atoms with Crippen LogP contribution in [0.15, 0.2) is 29.6 Å². The summed E-state index contributed by atoms with van der Waals surface area (Å²) in [6.07, 6.45) is 4.99. The number of nitrogens with zero attached hydrogens (tertiary/aromatic N) is 2. The summed E-state index contributed by atoms with van der Waals surface area (Å²) >= 11 is 1.59. The van der Waals surface area contributed by atoms with E-state index in [4.69, 9.17) is 0 Å². The molecular weight excluding hydrogens is 374 g/mol. The van der Waals surface area contributed by atoms with Gasteiger partial charge in [-0.3, -0.25) is 14.5 Å². The summed E-state index contributed by atoms with van der Waals surface area (Å²) in [6.45, 7) is 2.09. The number of carbonyl (C=O) groups excluding carboxylic acids is 1. The number of carboxylic acid groups (broad SMARTS) is 1. The molecule has 1 aromatic carbocycles. The van der Waals surface area contributed by atoms with Crippen molar-refractivity contribution in [1.29, 1.82) is 0 Å². The van der Waals surface area contributed by atoms with Crippen LogP contribution in [0.25, 0.3) is 11.3 Å². The Morgan fingerprint density at radius 2 is 2.14 bits per heavy atom. The Bertz CT molecular complexity index is 881. The van der Waals surface area contributed by atoms with Gasteiger partial charge in [-0.25, -0.2) is 4.98 Å². The van der Waals surface area contributed by atoms with Gasteiger partial charge in [0.15, 0.2) is 0 Å². The van der Waals surface area contributed by atoms with Gasteiger partial charge in [-0.15, -0.1) is 11.3 Å².